The molecule has 2 heterocycles. The lowest BCUT2D eigenvalue weighted by Gasteiger charge is -2.21. The summed E-state index contributed by atoms with van der Waals surface area (Å²) < 4.78 is 2.63. The van der Waals surface area contributed by atoms with E-state index in [0.29, 0.717) is 12.0 Å². The molecule has 24 heavy (non-hydrogen) atoms. The van der Waals surface area contributed by atoms with Crippen LogP contribution in [-0.2, 0) is 0 Å². The van der Waals surface area contributed by atoms with E-state index in [2.05, 4.69) is 65.9 Å². The monoisotopic (exact) mass is 321 g/mol. The first-order valence-electron chi connectivity index (χ1n) is 9.30. The van der Waals surface area contributed by atoms with Crippen molar-refractivity contribution in [2.24, 2.45) is 0 Å². The molecule has 1 aliphatic rings. The van der Waals surface area contributed by atoms with Crippen LogP contribution in [0.25, 0.3) is 0 Å². The Balaban J connectivity index is 1.71. The van der Waals surface area contributed by atoms with E-state index in [0.717, 1.165) is 6.42 Å². The van der Waals surface area contributed by atoms with Crippen molar-refractivity contribution in [3.05, 3.63) is 66.0 Å². The largest absolute Gasteiger partial charge is 0.261 e. The molecule has 0 fully saturated rings. The summed E-state index contributed by atoms with van der Waals surface area (Å²) in [7, 11) is 0. The summed E-state index contributed by atoms with van der Waals surface area (Å²) >= 11 is 0. The van der Waals surface area contributed by atoms with Crippen molar-refractivity contribution < 1.29 is 4.58 Å². The van der Waals surface area contributed by atoms with Gasteiger partial charge in [-0.15, -0.1) is 0 Å². The number of hydrogen-bond acceptors (Lipinski definition) is 1. The van der Waals surface area contributed by atoms with Crippen molar-refractivity contribution in [3.63, 3.8) is 0 Å². The zero-order chi connectivity index (χ0) is 16.8. The second-order valence-electron chi connectivity index (χ2n) is 7.03. The SMILES string of the molecule is CC1=[N+](CCC[C@H](c2ccccc2)c2ccccn2)[C@@H](C)CCC1. The molecule has 2 atom stereocenters. The quantitative estimate of drug-likeness (QED) is 0.681. The van der Waals surface area contributed by atoms with Gasteiger partial charge in [0.05, 0.1) is 0 Å². The molecule has 0 N–H and O–H groups in total. The van der Waals surface area contributed by atoms with Crippen molar-refractivity contribution in [1.29, 1.82) is 0 Å². The molecule has 2 nitrogen and oxygen atoms in total. The van der Waals surface area contributed by atoms with Gasteiger partial charge in [0.2, 0.25) is 0 Å². The highest BCUT2D eigenvalue weighted by molar-refractivity contribution is 5.77. The first kappa shape index (κ1) is 16.9. The Morgan fingerprint density at radius 1 is 1.12 bits per heavy atom. The molecule has 2 aromatic rings. The van der Waals surface area contributed by atoms with E-state index in [1.165, 1.54) is 43.5 Å². The molecule has 0 bridgehead atoms. The predicted molar refractivity (Wildman–Crippen MR) is 101 cm³/mol. The standard InChI is InChI=1S/C22H29N2/c1-18-10-8-11-19(2)24(18)17-9-14-21(20-12-4-3-5-13-20)22-15-6-7-16-23-22/h3-7,12-13,15-16,18,21H,8-11,14,17H2,1-2H3/q+1/t18-,21+/m0/s1. The number of aromatic nitrogens is 1. The maximum Gasteiger partial charge on any atom is 0.149 e. The number of rotatable bonds is 6. The minimum absolute atomic E-state index is 0.396. The molecule has 126 valence electrons. The van der Waals surface area contributed by atoms with Crippen LogP contribution in [-0.4, -0.2) is 27.9 Å². The molecule has 3 rings (SSSR count). The maximum absolute atomic E-state index is 4.63. The summed E-state index contributed by atoms with van der Waals surface area (Å²) in [5, 5.41) is 0. The lowest BCUT2D eigenvalue weighted by Crippen LogP contribution is -2.33. The second-order valence-corrected chi connectivity index (χ2v) is 7.03. The van der Waals surface area contributed by atoms with E-state index in [9.17, 15) is 0 Å². The van der Waals surface area contributed by atoms with E-state index in [-0.39, 0.29) is 0 Å². The van der Waals surface area contributed by atoms with Gasteiger partial charge in [-0.2, -0.15) is 0 Å². The van der Waals surface area contributed by atoms with Gasteiger partial charge in [-0.3, -0.25) is 4.98 Å². The minimum Gasteiger partial charge on any atom is -0.261 e. The van der Waals surface area contributed by atoms with Gasteiger partial charge < -0.3 is 0 Å². The molecule has 0 saturated heterocycles. The van der Waals surface area contributed by atoms with Crippen molar-refractivity contribution in [3.8, 4) is 0 Å². The van der Waals surface area contributed by atoms with Crippen LogP contribution in [0.2, 0.25) is 0 Å². The van der Waals surface area contributed by atoms with Crippen molar-refractivity contribution in [2.75, 3.05) is 6.54 Å². The number of pyridine rings is 1. The smallest absolute Gasteiger partial charge is 0.149 e. The Kier molecular flexibility index (Phi) is 5.79. The topological polar surface area (TPSA) is 15.9 Å². The van der Waals surface area contributed by atoms with Gasteiger partial charge in [0, 0.05) is 44.0 Å². The Morgan fingerprint density at radius 3 is 2.62 bits per heavy atom. The second kappa shape index (κ2) is 8.23. The molecular weight excluding hydrogens is 292 g/mol. The van der Waals surface area contributed by atoms with E-state index in [1.807, 2.05) is 12.3 Å². The highest BCUT2D eigenvalue weighted by Gasteiger charge is 2.24. The summed E-state index contributed by atoms with van der Waals surface area (Å²) in [4.78, 5) is 4.63. The fourth-order valence-corrected chi connectivity index (χ4v) is 3.96. The molecule has 1 aliphatic heterocycles. The van der Waals surface area contributed by atoms with Crippen LogP contribution in [0.15, 0.2) is 54.7 Å². The Morgan fingerprint density at radius 2 is 1.92 bits per heavy atom. The average molecular weight is 321 g/mol. The number of nitrogens with zero attached hydrogens (tertiary/aromatic N) is 2. The zero-order valence-electron chi connectivity index (χ0n) is 15.0. The third kappa shape index (κ3) is 4.11. The van der Waals surface area contributed by atoms with E-state index in [1.54, 1.807) is 5.71 Å². The Labute approximate surface area is 146 Å². The molecule has 0 radical (unpaired) electrons. The van der Waals surface area contributed by atoms with Crippen LogP contribution >= 0.6 is 0 Å². The molecule has 0 aliphatic carbocycles. The zero-order valence-corrected chi connectivity index (χ0v) is 15.0. The molecule has 0 amide bonds. The molecule has 1 aromatic carbocycles. The van der Waals surface area contributed by atoms with Gasteiger partial charge in [-0.1, -0.05) is 36.4 Å². The van der Waals surface area contributed by atoms with Gasteiger partial charge in [0.1, 0.15) is 18.3 Å². The molecule has 1 aromatic heterocycles. The highest BCUT2D eigenvalue weighted by Crippen LogP contribution is 2.28. The molecule has 0 saturated carbocycles. The summed E-state index contributed by atoms with van der Waals surface area (Å²) in [6.07, 6.45) is 8.22. The van der Waals surface area contributed by atoms with Gasteiger partial charge in [0.25, 0.3) is 0 Å². The predicted octanol–water partition coefficient (Wildman–Crippen LogP) is 5.04. The first-order chi connectivity index (χ1) is 11.8. The summed E-state index contributed by atoms with van der Waals surface area (Å²) in [5.74, 6) is 0.396. The minimum atomic E-state index is 0.396. The highest BCUT2D eigenvalue weighted by atomic mass is 15.0. The normalized spacial score (nSPS) is 19.3. The summed E-state index contributed by atoms with van der Waals surface area (Å²) in [6, 6.07) is 17.8. The van der Waals surface area contributed by atoms with Crippen LogP contribution in [0.5, 0.6) is 0 Å². The van der Waals surface area contributed by atoms with E-state index < -0.39 is 0 Å². The number of benzene rings is 1. The van der Waals surface area contributed by atoms with Crippen LogP contribution in [0, 0.1) is 0 Å². The average Bonchev–Trinajstić information content (AvgIpc) is 2.62. The third-order valence-electron chi connectivity index (χ3n) is 5.32. The van der Waals surface area contributed by atoms with E-state index in [4.69, 9.17) is 0 Å². The van der Waals surface area contributed by atoms with Crippen molar-refractivity contribution in [2.45, 2.75) is 57.9 Å². The van der Waals surface area contributed by atoms with Gasteiger partial charge in [-0.05, 0) is 37.5 Å². The van der Waals surface area contributed by atoms with Crippen LogP contribution in [0.1, 0.15) is 63.1 Å². The molecule has 2 heteroatoms. The fraction of sp³-hybridized carbons (Fsp3) is 0.455. The van der Waals surface area contributed by atoms with Crippen LogP contribution in [0.3, 0.4) is 0 Å². The molecule has 0 spiro atoms. The van der Waals surface area contributed by atoms with Crippen LogP contribution < -0.4 is 0 Å². The third-order valence-corrected chi connectivity index (χ3v) is 5.32. The first-order valence-corrected chi connectivity index (χ1v) is 9.30. The summed E-state index contributed by atoms with van der Waals surface area (Å²) in [5.41, 5.74) is 4.14. The lowest BCUT2D eigenvalue weighted by molar-refractivity contribution is -0.569. The van der Waals surface area contributed by atoms with Crippen molar-refractivity contribution in [1.82, 2.24) is 4.98 Å². The Hall–Kier alpha value is -1.96. The van der Waals surface area contributed by atoms with Gasteiger partial charge >= 0.3 is 0 Å². The van der Waals surface area contributed by atoms with Crippen LogP contribution in [0.4, 0.5) is 0 Å². The van der Waals surface area contributed by atoms with E-state index >= 15 is 0 Å². The fourth-order valence-electron chi connectivity index (χ4n) is 3.96. The van der Waals surface area contributed by atoms with Gasteiger partial charge in [0.15, 0.2) is 0 Å². The molecule has 0 unspecified atom stereocenters. The summed E-state index contributed by atoms with van der Waals surface area (Å²) in [6.45, 7) is 5.85. The number of hydrogen-bond donors (Lipinski definition) is 0. The maximum atomic E-state index is 4.63. The van der Waals surface area contributed by atoms with Gasteiger partial charge in [-0.25, -0.2) is 4.58 Å². The lowest BCUT2D eigenvalue weighted by atomic mass is 9.90. The van der Waals surface area contributed by atoms with Crippen molar-refractivity contribution >= 4 is 5.71 Å². The Bertz CT molecular complexity index is 621. The molecular formula is C22H29N2+.